The van der Waals surface area contributed by atoms with Crippen LogP contribution < -0.4 is 0 Å². The molecule has 1 N–H and O–H groups in total. The highest BCUT2D eigenvalue weighted by Gasteiger charge is 2.16. The lowest BCUT2D eigenvalue weighted by atomic mass is 10.1. The Bertz CT molecular complexity index is 1120. The molecule has 0 amide bonds. The summed E-state index contributed by atoms with van der Waals surface area (Å²) < 4.78 is 10.6. The molecule has 0 aliphatic heterocycles. The Kier molecular flexibility index (Phi) is 41.2. The highest BCUT2D eigenvalue weighted by atomic mass is 16.6. The normalized spacial score (nSPS) is 13.3. The molecule has 0 aromatic carbocycles. The number of allylic oxidation sites excluding steroid dienone is 18. The van der Waals surface area contributed by atoms with Crippen LogP contribution in [0.15, 0.2) is 109 Å². The number of esters is 2. The zero-order valence-corrected chi connectivity index (χ0v) is 34.4. The first-order valence-electron chi connectivity index (χ1n) is 21.4. The van der Waals surface area contributed by atoms with E-state index in [1.807, 2.05) is 0 Å². The average molecular weight is 747 g/mol. The average Bonchev–Trinajstić information content (AvgIpc) is 3.17. The van der Waals surface area contributed by atoms with Crippen LogP contribution in [0.1, 0.15) is 168 Å². The van der Waals surface area contributed by atoms with E-state index in [0.29, 0.717) is 12.8 Å². The fourth-order valence-corrected chi connectivity index (χ4v) is 5.31. The van der Waals surface area contributed by atoms with Gasteiger partial charge in [0.1, 0.15) is 6.61 Å². The van der Waals surface area contributed by atoms with Crippen molar-refractivity contribution in [1.29, 1.82) is 0 Å². The van der Waals surface area contributed by atoms with E-state index in [-0.39, 0.29) is 25.2 Å². The Balaban J connectivity index is 3.69. The molecule has 0 spiro atoms. The summed E-state index contributed by atoms with van der Waals surface area (Å²) >= 11 is 0. The predicted molar refractivity (Wildman–Crippen MR) is 232 cm³/mol. The van der Waals surface area contributed by atoms with Crippen LogP contribution in [-0.2, 0) is 19.1 Å². The number of carbonyl (C=O) groups is 2. The maximum Gasteiger partial charge on any atom is 0.306 e. The van der Waals surface area contributed by atoms with E-state index < -0.39 is 6.10 Å². The molecule has 0 saturated heterocycles. The lowest BCUT2D eigenvalue weighted by Gasteiger charge is -2.15. The minimum Gasteiger partial charge on any atom is -0.462 e. The molecule has 1 atom stereocenters. The van der Waals surface area contributed by atoms with E-state index in [2.05, 4.69) is 123 Å². The molecule has 0 saturated carbocycles. The minimum atomic E-state index is -0.795. The van der Waals surface area contributed by atoms with Gasteiger partial charge < -0.3 is 14.6 Å². The van der Waals surface area contributed by atoms with Crippen molar-refractivity contribution in [1.82, 2.24) is 0 Å². The number of hydrogen-bond donors (Lipinski definition) is 1. The summed E-state index contributed by atoms with van der Waals surface area (Å²) in [6.07, 6.45) is 63.0. The summed E-state index contributed by atoms with van der Waals surface area (Å²) in [7, 11) is 0. The van der Waals surface area contributed by atoms with Crippen LogP contribution >= 0.6 is 0 Å². The van der Waals surface area contributed by atoms with Gasteiger partial charge in [0.15, 0.2) is 6.10 Å². The second-order valence-corrected chi connectivity index (χ2v) is 13.7. The summed E-state index contributed by atoms with van der Waals surface area (Å²) in [5.74, 6) is -0.643. The van der Waals surface area contributed by atoms with Crippen LogP contribution in [0.25, 0.3) is 0 Å². The van der Waals surface area contributed by atoms with E-state index in [1.54, 1.807) is 0 Å². The van der Waals surface area contributed by atoms with E-state index in [9.17, 15) is 14.7 Å². The van der Waals surface area contributed by atoms with Gasteiger partial charge in [-0.05, 0) is 96.3 Å². The number of aliphatic hydroxyl groups excluding tert-OH is 1. The molecule has 0 heterocycles. The molecule has 0 aliphatic carbocycles. The van der Waals surface area contributed by atoms with Crippen LogP contribution in [0.2, 0.25) is 0 Å². The Labute approximate surface area is 331 Å². The van der Waals surface area contributed by atoms with E-state index in [0.717, 1.165) is 109 Å². The molecule has 0 aromatic heterocycles. The van der Waals surface area contributed by atoms with Crippen molar-refractivity contribution in [2.75, 3.05) is 13.2 Å². The van der Waals surface area contributed by atoms with Gasteiger partial charge in [-0.25, -0.2) is 0 Å². The van der Waals surface area contributed by atoms with Crippen molar-refractivity contribution < 1.29 is 24.2 Å². The van der Waals surface area contributed by atoms with Crippen LogP contribution in [0.4, 0.5) is 0 Å². The highest BCUT2D eigenvalue weighted by Crippen LogP contribution is 2.11. The van der Waals surface area contributed by atoms with Gasteiger partial charge in [-0.3, -0.25) is 9.59 Å². The maximum atomic E-state index is 12.2. The lowest BCUT2D eigenvalue weighted by molar-refractivity contribution is -0.161. The molecule has 0 fully saturated rings. The predicted octanol–water partition coefficient (Wildman–Crippen LogP) is 13.8. The number of carbonyl (C=O) groups excluding carboxylic acids is 2. The first-order valence-corrected chi connectivity index (χ1v) is 21.4. The van der Waals surface area contributed by atoms with Gasteiger partial charge in [-0.15, -0.1) is 0 Å². The molecule has 0 bridgehead atoms. The SMILES string of the molecule is CC/C=C\C/C=C\C/C=C\C/C=C\C/C=C\C/C=C\C/C=C\C/C=C\CCCCCCC(=O)OC(CO)COC(=O)CCCCCCC/C=C\CCCC. The molecular weight excluding hydrogens is 669 g/mol. The standard InChI is InChI=1S/C49H78O5/c1-3-5-7-9-11-13-15-16-17-18-19-20-21-22-23-24-25-26-27-28-29-30-31-32-34-36-38-40-42-44-49(52)54-47(45-50)46-53-48(51)43-41-39-37-35-33-14-12-10-8-6-4-2/h5,7,10-13,16-17,19-20,22-23,25-26,28-29,31-32,47,50H,3-4,6,8-9,14-15,18,21,24,27,30,33-46H2,1-2H3/b7-5-,12-10-,13-11-,17-16-,20-19-,23-22-,26-25-,29-28-,32-31-. The van der Waals surface area contributed by atoms with Crippen molar-refractivity contribution in [2.45, 2.75) is 174 Å². The molecule has 5 heteroatoms. The number of ether oxygens (including phenoxy) is 2. The number of rotatable bonds is 37. The summed E-state index contributed by atoms with van der Waals surface area (Å²) in [6, 6.07) is 0. The van der Waals surface area contributed by atoms with Gasteiger partial charge in [-0.2, -0.15) is 0 Å². The Morgan fingerprint density at radius 2 is 0.796 bits per heavy atom. The van der Waals surface area contributed by atoms with E-state index >= 15 is 0 Å². The number of hydrogen-bond acceptors (Lipinski definition) is 5. The molecule has 304 valence electrons. The van der Waals surface area contributed by atoms with Gasteiger partial charge in [0.25, 0.3) is 0 Å². The minimum absolute atomic E-state index is 0.0878. The van der Waals surface area contributed by atoms with Gasteiger partial charge >= 0.3 is 11.9 Å². The second-order valence-electron chi connectivity index (χ2n) is 13.7. The van der Waals surface area contributed by atoms with Gasteiger partial charge in [0.2, 0.25) is 0 Å². The fraction of sp³-hybridized carbons (Fsp3) is 0.592. The maximum absolute atomic E-state index is 12.2. The zero-order chi connectivity index (χ0) is 39.3. The third-order valence-electron chi connectivity index (χ3n) is 8.55. The molecule has 0 aromatic rings. The summed E-state index contributed by atoms with van der Waals surface area (Å²) in [4.78, 5) is 24.2. The molecule has 5 nitrogen and oxygen atoms in total. The molecule has 1 unspecified atom stereocenters. The molecular formula is C49H78O5. The Morgan fingerprint density at radius 3 is 1.22 bits per heavy atom. The summed E-state index contributed by atoms with van der Waals surface area (Å²) in [5.41, 5.74) is 0. The van der Waals surface area contributed by atoms with Gasteiger partial charge in [0.05, 0.1) is 6.61 Å². The summed E-state index contributed by atoms with van der Waals surface area (Å²) in [6.45, 7) is 3.93. The van der Waals surface area contributed by atoms with Gasteiger partial charge in [-0.1, -0.05) is 168 Å². The zero-order valence-electron chi connectivity index (χ0n) is 34.4. The molecule has 0 radical (unpaired) electrons. The molecule has 0 aliphatic rings. The number of aliphatic hydroxyl groups is 1. The summed E-state index contributed by atoms with van der Waals surface area (Å²) in [5, 5.41) is 9.55. The first-order chi connectivity index (χ1) is 26.6. The molecule has 0 rings (SSSR count). The smallest absolute Gasteiger partial charge is 0.306 e. The topological polar surface area (TPSA) is 72.8 Å². The van der Waals surface area contributed by atoms with Crippen LogP contribution in [0.3, 0.4) is 0 Å². The van der Waals surface area contributed by atoms with Crippen LogP contribution in [-0.4, -0.2) is 36.4 Å². The van der Waals surface area contributed by atoms with E-state index in [1.165, 1.54) is 32.1 Å². The second kappa shape index (κ2) is 44.0. The Hall–Kier alpha value is -3.44. The van der Waals surface area contributed by atoms with Gasteiger partial charge in [0, 0.05) is 12.8 Å². The molecule has 54 heavy (non-hydrogen) atoms. The third kappa shape index (κ3) is 41.3. The highest BCUT2D eigenvalue weighted by molar-refractivity contribution is 5.70. The Morgan fingerprint density at radius 1 is 0.444 bits per heavy atom. The van der Waals surface area contributed by atoms with Crippen LogP contribution in [0.5, 0.6) is 0 Å². The quantitative estimate of drug-likeness (QED) is 0.0389. The third-order valence-corrected chi connectivity index (χ3v) is 8.55. The first kappa shape index (κ1) is 50.6. The van der Waals surface area contributed by atoms with Crippen LogP contribution in [0, 0.1) is 0 Å². The van der Waals surface area contributed by atoms with Crippen molar-refractivity contribution in [2.24, 2.45) is 0 Å². The largest absolute Gasteiger partial charge is 0.462 e. The monoisotopic (exact) mass is 747 g/mol. The van der Waals surface area contributed by atoms with E-state index in [4.69, 9.17) is 9.47 Å². The van der Waals surface area contributed by atoms with Crippen molar-refractivity contribution in [3.05, 3.63) is 109 Å². The van der Waals surface area contributed by atoms with Crippen molar-refractivity contribution in [3.8, 4) is 0 Å². The number of unbranched alkanes of at least 4 members (excludes halogenated alkanes) is 11. The van der Waals surface area contributed by atoms with Crippen molar-refractivity contribution >= 4 is 11.9 Å². The van der Waals surface area contributed by atoms with Crippen molar-refractivity contribution in [3.63, 3.8) is 0 Å². The lowest BCUT2D eigenvalue weighted by Crippen LogP contribution is -2.28. The fourth-order valence-electron chi connectivity index (χ4n) is 5.31.